The molecule has 0 aliphatic rings. The monoisotopic (exact) mass is 358 g/mol. The van der Waals surface area contributed by atoms with E-state index in [4.69, 9.17) is 9.47 Å². The molecule has 3 rings (SSSR count). The molecule has 0 bridgehead atoms. The average molecular weight is 358 g/mol. The second-order valence-corrected chi connectivity index (χ2v) is 5.91. The second kappa shape index (κ2) is 7.14. The third kappa shape index (κ3) is 3.50. The summed E-state index contributed by atoms with van der Waals surface area (Å²) in [5.74, 6) is 0.667. The lowest BCUT2D eigenvalue weighted by molar-refractivity contribution is -0.385. The molecule has 0 saturated heterocycles. The van der Waals surface area contributed by atoms with Crippen molar-refractivity contribution in [1.29, 1.82) is 0 Å². The molecule has 0 spiro atoms. The van der Waals surface area contributed by atoms with Crippen LogP contribution in [-0.4, -0.2) is 30.3 Å². The molecule has 8 nitrogen and oxygen atoms in total. The largest absolute Gasteiger partial charge is 0.493 e. The molecule has 0 aliphatic carbocycles. The van der Waals surface area contributed by atoms with Gasteiger partial charge in [0.15, 0.2) is 11.5 Å². The molecule has 0 amide bonds. The van der Waals surface area contributed by atoms with Gasteiger partial charge in [0.05, 0.1) is 47.2 Å². The SMILES string of the molecule is COc1cc(/C=N\Nc2nc3ccccc3s2)c([N+](=O)[O-])cc1OC. The van der Waals surface area contributed by atoms with E-state index in [0.717, 1.165) is 10.2 Å². The fraction of sp³-hybridized carbons (Fsp3) is 0.125. The van der Waals surface area contributed by atoms with Crippen molar-refractivity contribution in [2.24, 2.45) is 5.10 Å². The second-order valence-electron chi connectivity index (χ2n) is 4.88. The van der Waals surface area contributed by atoms with E-state index < -0.39 is 4.92 Å². The molecule has 0 radical (unpaired) electrons. The van der Waals surface area contributed by atoms with Gasteiger partial charge in [0, 0.05) is 0 Å². The Morgan fingerprint density at radius 2 is 1.96 bits per heavy atom. The minimum atomic E-state index is -0.499. The van der Waals surface area contributed by atoms with E-state index in [-0.39, 0.29) is 17.0 Å². The lowest BCUT2D eigenvalue weighted by Gasteiger charge is -2.08. The Morgan fingerprint density at radius 3 is 2.64 bits per heavy atom. The first kappa shape index (κ1) is 16.7. The molecule has 0 saturated carbocycles. The Kier molecular flexibility index (Phi) is 4.75. The van der Waals surface area contributed by atoms with Gasteiger partial charge in [-0.2, -0.15) is 5.10 Å². The maximum atomic E-state index is 11.3. The Hall–Kier alpha value is -3.20. The van der Waals surface area contributed by atoms with E-state index in [1.807, 2.05) is 24.3 Å². The summed E-state index contributed by atoms with van der Waals surface area (Å²) in [5.41, 5.74) is 3.82. The molecule has 1 heterocycles. The summed E-state index contributed by atoms with van der Waals surface area (Å²) in [6.07, 6.45) is 1.35. The third-order valence-electron chi connectivity index (χ3n) is 3.39. The first-order chi connectivity index (χ1) is 12.1. The van der Waals surface area contributed by atoms with Crippen LogP contribution in [0.2, 0.25) is 0 Å². The van der Waals surface area contributed by atoms with E-state index in [1.165, 1.54) is 43.9 Å². The van der Waals surface area contributed by atoms with Gasteiger partial charge in [0.2, 0.25) is 5.13 Å². The highest BCUT2D eigenvalue weighted by Crippen LogP contribution is 2.33. The van der Waals surface area contributed by atoms with Crippen molar-refractivity contribution < 1.29 is 14.4 Å². The van der Waals surface area contributed by atoms with Gasteiger partial charge in [-0.15, -0.1) is 0 Å². The zero-order valence-electron chi connectivity index (χ0n) is 13.4. The molecule has 3 aromatic rings. The lowest BCUT2D eigenvalue weighted by atomic mass is 10.1. The van der Waals surface area contributed by atoms with E-state index in [1.54, 1.807) is 0 Å². The normalized spacial score (nSPS) is 11.0. The van der Waals surface area contributed by atoms with Crippen LogP contribution >= 0.6 is 11.3 Å². The molecule has 25 heavy (non-hydrogen) atoms. The number of hydrogen-bond acceptors (Lipinski definition) is 8. The number of nitro groups is 1. The average Bonchev–Trinajstić information content (AvgIpc) is 3.03. The summed E-state index contributed by atoms with van der Waals surface area (Å²) in [6.45, 7) is 0. The van der Waals surface area contributed by atoms with E-state index in [0.29, 0.717) is 10.9 Å². The van der Waals surface area contributed by atoms with Gasteiger partial charge >= 0.3 is 0 Å². The molecule has 0 atom stereocenters. The van der Waals surface area contributed by atoms with Crippen LogP contribution in [0.5, 0.6) is 11.5 Å². The van der Waals surface area contributed by atoms with Gasteiger partial charge in [0.1, 0.15) is 0 Å². The standard InChI is InChI=1S/C16H14N4O4S/c1-23-13-7-10(12(20(21)22)8-14(13)24-2)9-17-19-16-18-11-5-3-4-6-15(11)25-16/h3-9H,1-2H3,(H,18,19)/b17-9-. The predicted octanol–water partition coefficient (Wildman–Crippen LogP) is 3.67. The van der Waals surface area contributed by atoms with Crippen LogP contribution in [0.4, 0.5) is 10.8 Å². The van der Waals surface area contributed by atoms with Crippen molar-refractivity contribution in [1.82, 2.24) is 4.98 Å². The molecule has 0 unspecified atom stereocenters. The number of anilines is 1. The first-order valence-corrected chi connectivity index (χ1v) is 7.99. The van der Waals surface area contributed by atoms with E-state index in [2.05, 4.69) is 15.5 Å². The third-order valence-corrected chi connectivity index (χ3v) is 4.33. The van der Waals surface area contributed by atoms with Gasteiger partial charge in [-0.3, -0.25) is 15.5 Å². The minimum absolute atomic E-state index is 0.132. The zero-order valence-corrected chi connectivity index (χ0v) is 14.2. The Bertz CT molecular complexity index is 921. The summed E-state index contributed by atoms with van der Waals surface area (Å²) >= 11 is 1.44. The quantitative estimate of drug-likeness (QED) is 0.410. The number of nitrogens with one attached hydrogen (secondary N) is 1. The number of benzene rings is 2. The Labute approximate surface area is 146 Å². The van der Waals surface area contributed by atoms with Gasteiger partial charge in [-0.1, -0.05) is 23.5 Å². The molecule has 0 fully saturated rings. The molecule has 1 N–H and O–H groups in total. The van der Waals surface area contributed by atoms with Crippen molar-refractivity contribution in [3.8, 4) is 11.5 Å². The first-order valence-electron chi connectivity index (χ1n) is 7.17. The van der Waals surface area contributed by atoms with Crippen LogP contribution in [-0.2, 0) is 0 Å². The predicted molar refractivity (Wildman–Crippen MR) is 97.0 cm³/mol. The number of hydrogen-bond donors (Lipinski definition) is 1. The van der Waals surface area contributed by atoms with E-state index >= 15 is 0 Å². The van der Waals surface area contributed by atoms with Gasteiger partial charge in [-0.05, 0) is 18.2 Å². The summed E-state index contributed by atoms with van der Waals surface area (Å²) in [5, 5.41) is 15.9. The van der Waals surface area contributed by atoms with Crippen molar-refractivity contribution in [3.63, 3.8) is 0 Å². The van der Waals surface area contributed by atoms with Crippen LogP contribution in [0.15, 0.2) is 41.5 Å². The summed E-state index contributed by atoms with van der Waals surface area (Å²) in [4.78, 5) is 15.1. The number of hydrazone groups is 1. The van der Waals surface area contributed by atoms with Gasteiger partial charge < -0.3 is 9.47 Å². The Morgan fingerprint density at radius 1 is 1.24 bits per heavy atom. The number of rotatable bonds is 6. The fourth-order valence-electron chi connectivity index (χ4n) is 2.22. The molecule has 1 aromatic heterocycles. The lowest BCUT2D eigenvalue weighted by Crippen LogP contribution is -1.99. The molecule has 2 aromatic carbocycles. The highest BCUT2D eigenvalue weighted by molar-refractivity contribution is 7.22. The van der Waals surface area contributed by atoms with Crippen LogP contribution in [0.25, 0.3) is 10.2 Å². The molecule has 128 valence electrons. The number of ether oxygens (including phenoxy) is 2. The number of methoxy groups -OCH3 is 2. The number of thiazole rings is 1. The maximum Gasteiger partial charge on any atom is 0.282 e. The summed E-state index contributed by atoms with van der Waals surface area (Å²) < 4.78 is 11.3. The van der Waals surface area contributed by atoms with Crippen molar-refractivity contribution in [3.05, 3.63) is 52.1 Å². The molecule has 0 aliphatic heterocycles. The minimum Gasteiger partial charge on any atom is -0.493 e. The van der Waals surface area contributed by atoms with Crippen molar-refractivity contribution in [2.45, 2.75) is 0 Å². The number of nitro benzene ring substituents is 1. The highest BCUT2D eigenvalue weighted by Gasteiger charge is 2.18. The molecular weight excluding hydrogens is 344 g/mol. The van der Waals surface area contributed by atoms with Crippen LogP contribution in [0.3, 0.4) is 0 Å². The number of fused-ring (bicyclic) bond motifs is 1. The Balaban J connectivity index is 1.87. The van der Waals surface area contributed by atoms with Gasteiger partial charge in [0.25, 0.3) is 5.69 Å². The van der Waals surface area contributed by atoms with Crippen LogP contribution in [0.1, 0.15) is 5.56 Å². The van der Waals surface area contributed by atoms with Crippen molar-refractivity contribution in [2.75, 3.05) is 19.6 Å². The maximum absolute atomic E-state index is 11.3. The molecule has 9 heteroatoms. The van der Waals surface area contributed by atoms with Crippen LogP contribution in [0, 0.1) is 10.1 Å². The van der Waals surface area contributed by atoms with Gasteiger partial charge in [-0.25, -0.2) is 4.98 Å². The van der Waals surface area contributed by atoms with Crippen LogP contribution < -0.4 is 14.9 Å². The summed E-state index contributed by atoms with van der Waals surface area (Å²) in [6, 6.07) is 10.5. The fourth-order valence-corrected chi connectivity index (χ4v) is 3.04. The van der Waals surface area contributed by atoms with Crippen molar-refractivity contribution >= 4 is 38.6 Å². The highest BCUT2D eigenvalue weighted by atomic mass is 32.1. The topological polar surface area (TPSA) is 98.9 Å². The number of aromatic nitrogens is 1. The zero-order chi connectivity index (χ0) is 17.8. The summed E-state index contributed by atoms with van der Waals surface area (Å²) in [7, 11) is 2.88. The molecular formula is C16H14N4O4S. The number of nitrogens with zero attached hydrogens (tertiary/aromatic N) is 3. The number of para-hydroxylation sites is 1. The smallest absolute Gasteiger partial charge is 0.282 e. The van der Waals surface area contributed by atoms with E-state index in [9.17, 15) is 10.1 Å².